The molecule has 0 fully saturated rings. The molecule has 0 bridgehead atoms. The van der Waals surface area contributed by atoms with Crippen LogP contribution in [0.1, 0.15) is 105 Å². The second kappa shape index (κ2) is 18.6. The summed E-state index contributed by atoms with van der Waals surface area (Å²) < 4.78 is 39.0. The van der Waals surface area contributed by atoms with Gasteiger partial charge in [-0.2, -0.15) is 0 Å². The van der Waals surface area contributed by atoms with Gasteiger partial charge in [0, 0.05) is 7.26 Å². The molecule has 0 heterocycles. The van der Waals surface area contributed by atoms with Gasteiger partial charge < -0.3 is 17.3 Å². The van der Waals surface area contributed by atoms with Crippen molar-refractivity contribution in [1.82, 2.24) is 0 Å². The molecule has 0 saturated carbocycles. The fourth-order valence-electron chi connectivity index (χ4n) is 3.43. The van der Waals surface area contributed by atoms with E-state index in [4.69, 9.17) is 0 Å². The minimum absolute atomic E-state index is 0.519. The van der Waals surface area contributed by atoms with E-state index < -0.39 is 14.5 Å². The Kier molecular flexibility index (Phi) is 20.3. The molecule has 0 radical (unpaired) electrons. The van der Waals surface area contributed by atoms with Crippen LogP contribution in [0.15, 0.2) is 0 Å². The zero-order valence-electron chi connectivity index (χ0n) is 17.9. The summed E-state index contributed by atoms with van der Waals surface area (Å²) in [5.74, 6) is 0. The Balaban J connectivity index is 0. The van der Waals surface area contributed by atoms with Crippen molar-refractivity contribution in [3.63, 3.8) is 0 Å². The van der Waals surface area contributed by atoms with Crippen molar-refractivity contribution in [3.05, 3.63) is 0 Å². The van der Waals surface area contributed by atoms with Crippen molar-refractivity contribution >= 4 is 14.5 Å². The van der Waals surface area contributed by atoms with Crippen LogP contribution in [0.25, 0.3) is 0 Å². The van der Waals surface area contributed by atoms with E-state index in [2.05, 4.69) is 27.7 Å². The molecule has 0 spiro atoms. The van der Waals surface area contributed by atoms with Crippen LogP contribution in [0.5, 0.6) is 0 Å². The van der Waals surface area contributed by atoms with E-state index in [-0.39, 0.29) is 0 Å². The third kappa shape index (κ3) is 22.3. The van der Waals surface area contributed by atoms with Crippen molar-refractivity contribution in [2.24, 2.45) is 0 Å². The maximum Gasteiger partial charge on any atom is 0.673 e. The molecule has 0 aliphatic carbocycles. The highest BCUT2D eigenvalue weighted by atomic mass is 31.2. The summed E-state index contributed by atoms with van der Waals surface area (Å²) in [7, 11) is -6.52. The van der Waals surface area contributed by atoms with E-state index in [1.54, 1.807) is 6.16 Å². The molecule has 26 heavy (non-hydrogen) atoms. The molecule has 160 valence electrons. The summed E-state index contributed by atoms with van der Waals surface area (Å²) in [5.41, 5.74) is 0. The van der Waals surface area contributed by atoms with Gasteiger partial charge in [-0.05, 0) is 33.6 Å². The molecular formula is C20H44BF4P. The fourth-order valence-corrected chi connectivity index (χ4v) is 6.62. The van der Waals surface area contributed by atoms with E-state index in [0.29, 0.717) is 0 Å². The lowest BCUT2D eigenvalue weighted by Crippen LogP contribution is -2.07. The molecule has 0 unspecified atom stereocenters. The Bertz CT molecular complexity index is 267. The summed E-state index contributed by atoms with van der Waals surface area (Å²) in [6.07, 6.45) is 23.7. The second-order valence-electron chi connectivity index (χ2n) is 7.40. The molecule has 0 atom stereocenters. The summed E-state index contributed by atoms with van der Waals surface area (Å²) in [5, 5.41) is 0. The van der Waals surface area contributed by atoms with Crippen molar-refractivity contribution in [2.45, 2.75) is 105 Å². The molecule has 0 aromatic carbocycles. The maximum absolute atomic E-state index is 9.75. The monoisotopic (exact) mass is 402 g/mol. The molecule has 6 heteroatoms. The van der Waals surface area contributed by atoms with E-state index in [1.165, 1.54) is 95.5 Å². The molecule has 0 aromatic rings. The lowest BCUT2D eigenvalue weighted by atomic mass is 10.1. The number of halogens is 4. The Morgan fingerprint density at radius 2 is 0.769 bits per heavy atom. The third-order valence-corrected chi connectivity index (χ3v) is 10.8. The zero-order valence-corrected chi connectivity index (χ0v) is 18.7. The number of unbranched alkanes of at least 4 members (excludes halogenated alkanes) is 11. The highest BCUT2D eigenvalue weighted by Crippen LogP contribution is 2.58. The smallest absolute Gasteiger partial charge is 0.418 e. The van der Waals surface area contributed by atoms with Gasteiger partial charge in [0.1, 0.15) is 0 Å². The average molecular weight is 402 g/mol. The first-order valence-corrected chi connectivity index (χ1v) is 13.5. The lowest BCUT2D eigenvalue weighted by molar-refractivity contribution is 0.368. The van der Waals surface area contributed by atoms with Crippen LogP contribution < -0.4 is 0 Å². The number of hydrogen-bond donors (Lipinski definition) is 0. The van der Waals surface area contributed by atoms with Gasteiger partial charge in [-0.15, -0.1) is 0 Å². The van der Waals surface area contributed by atoms with Crippen LogP contribution in [0.4, 0.5) is 17.3 Å². The first-order chi connectivity index (χ1) is 12.2. The summed E-state index contributed by atoms with van der Waals surface area (Å²) in [6.45, 7) is 9.59. The third-order valence-electron chi connectivity index (χ3n) is 5.50. The average Bonchev–Trinajstić information content (AvgIpc) is 2.58. The summed E-state index contributed by atoms with van der Waals surface area (Å²) in [4.78, 5) is 0. The van der Waals surface area contributed by atoms with E-state index in [1.807, 2.05) is 0 Å². The highest BCUT2D eigenvalue weighted by molar-refractivity contribution is 7.75. The Morgan fingerprint density at radius 1 is 0.500 bits per heavy atom. The summed E-state index contributed by atoms with van der Waals surface area (Å²) >= 11 is 0. The van der Waals surface area contributed by atoms with E-state index in [9.17, 15) is 17.3 Å². The van der Waals surface area contributed by atoms with Crippen LogP contribution in [0, 0.1) is 0 Å². The Hall–Kier alpha value is 0.215. The van der Waals surface area contributed by atoms with Gasteiger partial charge in [-0.25, -0.2) is 0 Å². The Morgan fingerprint density at radius 3 is 1.04 bits per heavy atom. The van der Waals surface area contributed by atoms with Gasteiger partial charge in [0.05, 0.1) is 24.6 Å². The topological polar surface area (TPSA) is 0 Å². The molecule has 0 nitrogen and oxygen atoms in total. The second-order valence-corrected chi connectivity index (χ2v) is 12.4. The van der Waals surface area contributed by atoms with E-state index >= 15 is 0 Å². The lowest BCUT2D eigenvalue weighted by Gasteiger charge is -2.23. The largest absolute Gasteiger partial charge is 0.673 e. The number of hydrogen-bond acceptors (Lipinski definition) is 0. The van der Waals surface area contributed by atoms with Crippen molar-refractivity contribution < 1.29 is 17.3 Å². The quantitative estimate of drug-likeness (QED) is 0.105. The van der Waals surface area contributed by atoms with Gasteiger partial charge in [0.25, 0.3) is 0 Å². The fraction of sp³-hybridized carbons (Fsp3) is 1.00. The van der Waals surface area contributed by atoms with Crippen LogP contribution in [0.3, 0.4) is 0 Å². The van der Waals surface area contributed by atoms with Gasteiger partial charge in [0.15, 0.2) is 0 Å². The molecule has 0 aliphatic heterocycles. The first kappa shape index (κ1) is 28.4. The van der Waals surface area contributed by atoms with Crippen LogP contribution >= 0.6 is 7.26 Å². The minimum Gasteiger partial charge on any atom is -0.418 e. The standard InChI is InChI=1S/C20H44P.BF4/c1-5-9-10-11-12-13-14-15-16-17-18-19-20-21(6-2,7-3)8-4;2-1(3,4)5/h5-20H2,1-4H3;/q+1;-1. The minimum atomic E-state index is -6.00. The molecule has 0 amide bonds. The molecule has 0 aromatic heterocycles. The van der Waals surface area contributed by atoms with Crippen molar-refractivity contribution in [3.8, 4) is 0 Å². The van der Waals surface area contributed by atoms with Gasteiger partial charge in [0.2, 0.25) is 0 Å². The van der Waals surface area contributed by atoms with Crippen LogP contribution in [-0.4, -0.2) is 31.9 Å². The molecule has 0 saturated heterocycles. The zero-order chi connectivity index (χ0) is 20.3. The van der Waals surface area contributed by atoms with Gasteiger partial charge >= 0.3 is 7.25 Å². The predicted octanol–water partition coefficient (Wildman–Crippen LogP) is 9.06. The van der Waals surface area contributed by atoms with Gasteiger partial charge in [-0.3, -0.25) is 0 Å². The van der Waals surface area contributed by atoms with E-state index in [0.717, 1.165) is 0 Å². The predicted molar refractivity (Wildman–Crippen MR) is 115 cm³/mol. The normalized spacial score (nSPS) is 12.0. The Labute approximate surface area is 161 Å². The number of rotatable bonds is 16. The van der Waals surface area contributed by atoms with Crippen LogP contribution in [0.2, 0.25) is 0 Å². The molecule has 0 rings (SSSR count). The molecule has 0 aliphatic rings. The van der Waals surface area contributed by atoms with Crippen molar-refractivity contribution in [1.29, 1.82) is 0 Å². The van der Waals surface area contributed by atoms with Gasteiger partial charge in [-0.1, -0.05) is 71.1 Å². The van der Waals surface area contributed by atoms with Crippen molar-refractivity contribution in [2.75, 3.05) is 24.6 Å². The molecular weight excluding hydrogens is 358 g/mol. The highest BCUT2D eigenvalue weighted by Gasteiger charge is 2.29. The maximum atomic E-state index is 9.75. The molecule has 0 N–H and O–H groups in total. The summed E-state index contributed by atoms with van der Waals surface area (Å²) in [6, 6.07) is 0. The SMILES string of the molecule is CCCCCCCCCCCCCC[P+](CC)(CC)CC.F[B-](F)(F)F. The first-order valence-electron chi connectivity index (χ1n) is 11.0. The van der Waals surface area contributed by atoms with Crippen LogP contribution in [-0.2, 0) is 0 Å².